The number of hydrogen-bond donors (Lipinski definition) is 14. The molecule has 76 heavy (non-hydrogen) atoms. The molecule has 0 saturated heterocycles. The molecular formula is C53H84N14O9. The highest BCUT2D eigenvalue weighted by atomic mass is 16.2. The molecule has 0 saturated carbocycles. The fourth-order valence-electron chi connectivity index (χ4n) is 8.32. The number of carbonyl (C=O) groups excluding carboxylic acids is 9. The maximum absolute atomic E-state index is 14.6. The normalized spacial score (nSPS) is 15.3. The van der Waals surface area contributed by atoms with Crippen molar-refractivity contribution in [3.8, 4) is 0 Å². The van der Waals surface area contributed by atoms with Crippen LogP contribution in [-0.2, 0) is 56.0 Å². The summed E-state index contributed by atoms with van der Waals surface area (Å²) in [5.41, 5.74) is 30.6. The molecule has 23 nitrogen and oxygen atoms in total. The van der Waals surface area contributed by atoms with Gasteiger partial charge in [0.05, 0.1) is 12.1 Å². The van der Waals surface area contributed by atoms with Crippen LogP contribution in [0.25, 0.3) is 10.9 Å². The van der Waals surface area contributed by atoms with Crippen LogP contribution in [0.2, 0.25) is 0 Å². The first kappa shape index (κ1) is 63.5. The fraction of sp³-hybridized carbons (Fsp3) is 0.566. The van der Waals surface area contributed by atoms with E-state index >= 15 is 0 Å². The standard InChI is InChI=1S/C53H84N14O9/c1-7-30(3)44(67-49(73)40(23-24-43(56)69)62-47(71)39(61-46(70)32(5)55)22-16-26-59-53(57)58)51(75)63-38(21-14-15-25-54)48(72)66-45(31(4)8-2)52(76)65-42(28-35-29-60-37-20-13-12-19-36(35)37)50(74)64-41(33(6)68)27-34-17-10-9-11-18-34/h9-13,17-20,29-32,38-42,44-45,53,59-60H,7-8,14-16,21-28,54-55,57-58H2,1-6H3,(H2,56,69)(H,61,70)(H,62,71)(H,63,75)(H,64,74)(H,65,76)(H,66,72)(H,67,73). The maximum Gasteiger partial charge on any atom is 0.243 e. The molecular weight excluding hydrogens is 977 g/mol. The lowest BCUT2D eigenvalue weighted by atomic mass is 9.95. The van der Waals surface area contributed by atoms with Gasteiger partial charge < -0.3 is 70.9 Å². The van der Waals surface area contributed by atoms with E-state index in [2.05, 4.69) is 47.5 Å². The van der Waals surface area contributed by atoms with Crippen LogP contribution in [0.3, 0.4) is 0 Å². The first-order valence-corrected chi connectivity index (χ1v) is 26.3. The molecule has 0 aliphatic heterocycles. The summed E-state index contributed by atoms with van der Waals surface area (Å²) in [6, 6.07) is 7.27. The van der Waals surface area contributed by atoms with Crippen LogP contribution in [0.15, 0.2) is 60.8 Å². The van der Waals surface area contributed by atoms with Crippen LogP contribution in [0.4, 0.5) is 0 Å². The van der Waals surface area contributed by atoms with E-state index in [0.717, 1.165) is 22.0 Å². The minimum atomic E-state index is -1.41. The lowest BCUT2D eigenvalue weighted by molar-refractivity contribution is -0.137. The van der Waals surface area contributed by atoms with Crippen molar-refractivity contribution in [2.24, 2.45) is 40.5 Å². The summed E-state index contributed by atoms with van der Waals surface area (Å²) in [6.45, 7) is 10.5. The predicted molar refractivity (Wildman–Crippen MR) is 290 cm³/mol. The van der Waals surface area contributed by atoms with Gasteiger partial charge in [-0.2, -0.15) is 0 Å². The number of aromatic amines is 1. The quantitative estimate of drug-likeness (QED) is 0.0257. The molecule has 1 heterocycles. The Kier molecular flexibility index (Phi) is 27.2. The van der Waals surface area contributed by atoms with Crippen LogP contribution in [-0.4, -0.2) is 126 Å². The Hall–Kier alpha value is -6.79. The van der Waals surface area contributed by atoms with E-state index in [0.29, 0.717) is 32.1 Å². The van der Waals surface area contributed by atoms with Gasteiger partial charge in [-0.3, -0.25) is 48.5 Å². The van der Waals surface area contributed by atoms with Gasteiger partial charge in [0.15, 0.2) is 5.78 Å². The number of rotatable bonds is 35. The highest BCUT2D eigenvalue weighted by molar-refractivity contribution is 5.98. The summed E-state index contributed by atoms with van der Waals surface area (Å²) in [5.74, 6) is -7.09. The third-order valence-corrected chi connectivity index (χ3v) is 13.4. The number of amides is 8. The number of benzene rings is 2. The molecule has 19 N–H and O–H groups in total. The van der Waals surface area contributed by atoms with E-state index in [1.165, 1.54) is 13.8 Å². The van der Waals surface area contributed by atoms with Crippen LogP contribution in [0.1, 0.15) is 110 Å². The number of H-pyrrole nitrogens is 1. The number of fused-ring (bicyclic) bond motifs is 1. The first-order valence-electron chi connectivity index (χ1n) is 26.3. The van der Waals surface area contributed by atoms with E-state index in [-0.39, 0.29) is 57.4 Å². The summed E-state index contributed by atoms with van der Waals surface area (Å²) in [4.78, 5) is 126. The van der Waals surface area contributed by atoms with Gasteiger partial charge in [0, 0.05) is 29.9 Å². The highest BCUT2D eigenvalue weighted by Gasteiger charge is 2.37. The number of nitrogens with one attached hydrogen (secondary N) is 9. The average molecular weight is 1060 g/mol. The number of hydrogen-bond acceptors (Lipinski definition) is 14. The van der Waals surface area contributed by atoms with Crippen LogP contribution in [0.5, 0.6) is 0 Å². The zero-order chi connectivity index (χ0) is 56.5. The van der Waals surface area contributed by atoms with Gasteiger partial charge >= 0.3 is 0 Å². The highest BCUT2D eigenvalue weighted by Crippen LogP contribution is 2.20. The van der Waals surface area contributed by atoms with Crippen molar-refractivity contribution in [3.63, 3.8) is 0 Å². The Labute approximate surface area is 445 Å². The molecule has 10 unspecified atom stereocenters. The molecule has 10 atom stereocenters. The molecule has 8 amide bonds. The van der Waals surface area contributed by atoms with E-state index in [9.17, 15) is 43.2 Å². The fourth-order valence-corrected chi connectivity index (χ4v) is 8.32. The van der Waals surface area contributed by atoms with Gasteiger partial charge in [0.1, 0.15) is 42.5 Å². The number of ketones is 1. The zero-order valence-electron chi connectivity index (χ0n) is 44.9. The molecule has 3 rings (SSSR count). The Morgan fingerprint density at radius 1 is 0.553 bits per heavy atom. The predicted octanol–water partition coefficient (Wildman–Crippen LogP) is -0.660. The van der Waals surface area contributed by atoms with Crippen LogP contribution in [0, 0.1) is 11.8 Å². The van der Waals surface area contributed by atoms with Gasteiger partial charge in [-0.25, -0.2) is 0 Å². The second-order valence-corrected chi connectivity index (χ2v) is 19.6. The lowest BCUT2D eigenvalue weighted by Crippen LogP contribution is -2.61. The Morgan fingerprint density at radius 3 is 1.58 bits per heavy atom. The molecule has 0 fully saturated rings. The molecule has 23 heteroatoms. The Balaban J connectivity index is 1.92. The van der Waals surface area contributed by atoms with E-state index in [1.807, 2.05) is 61.5 Å². The maximum atomic E-state index is 14.6. The third-order valence-electron chi connectivity index (χ3n) is 13.4. The second kappa shape index (κ2) is 32.6. The van der Waals surface area contributed by atoms with Crippen molar-refractivity contribution in [2.45, 2.75) is 167 Å². The summed E-state index contributed by atoms with van der Waals surface area (Å²) >= 11 is 0. The minimum Gasteiger partial charge on any atom is -0.370 e. The number of unbranched alkanes of at least 4 members (excludes halogenated alkanes) is 1. The topological polar surface area (TPSA) is 396 Å². The average Bonchev–Trinajstić information content (AvgIpc) is 3.80. The van der Waals surface area contributed by atoms with Crippen LogP contribution >= 0.6 is 0 Å². The first-order chi connectivity index (χ1) is 36.1. The van der Waals surface area contributed by atoms with Crippen molar-refractivity contribution < 1.29 is 43.2 Å². The molecule has 0 bridgehead atoms. The number of aromatic nitrogens is 1. The molecule has 420 valence electrons. The number of Topliss-reactive ketones (excluding diaryl/α,β-unsaturated/α-hetero) is 1. The molecule has 2 aromatic carbocycles. The molecule has 0 aliphatic rings. The molecule has 0 aliphatic carbocycles. The number of para-hydroxylation sites is 1. The van der Waals surface area contributed by atoms with Gasteiger partial charge in [-0.15, -0.1) is 0 Å². The number of primary amides is 1. The lowest BCUT2D eigenvalue weighted by Gasteiger charge is -2.31. The van der Waals surface area contributed by atoms with E-state index in [1.54, 1.807) is 27.0 Å². The smallest absolute Gasteiger partial charge is 0.243 e. The van der Waals surface area contributed by atoms with Gasteiger partial charge in [0.25, 0.3) is 0 Å². The van der Waals surface area contributed by atoms with E-state index < -0.39 is 114 Å². The summed E-state index contributed by atoms with van der Waals surface area (Å²) in [5, 5.41) is 22.9. The monoisotopic (exact) mass is 1060 g/mol. The number of nitrogens with two attached hydrogens (primary N) is 5. The summed E-state index contributed by atoms with van der Waals surface area (Å²) < 4.78 is 0. The van der Waals surface area contributed by atoms with Gasteiger partial charge in [-0.1, -0.05) is 89.1 Å². The Morgan fingerprint density at radius 2 is 1.04 bits per heavy atom. The molecule has 1 aromatic heterocycles. The minimum absolute atomic E-state index is 0.0273. The summed E-state index contributed by atoms with van der Waals surface area (Å²) in [6.07, 6.45) is 2.72. The molecule has 3 aromatic rings. The third kappa shape index (κ3) is 21.1. The van der Waals surface area contributed by atoms with Crippen molar-refractivity contribution in [1.29, 1.82) is 0 Å². The van der Waals surface area contributed by atoms with Crippen molar-refractivity contribution in [3.05, 3.63) is 71.9 Å². The van der Waals surface area contributed by atoms with Crippen molar-refractivity contribution in [2.75, 3.05) is 13.1 Å². The molecule has 0 spiro atoms. The van der Waals surface area contributed by atoms with Crippen molar-refractivity contribution >= 4 is 63.9 Å². The van der Waals surface area contributed by atoms with Crippen molar-refractivity contribution in [1.82, 2.24) is 47.5 Å². The second-order valence-electron chi connectivity index (χ2n) is 19.6. The van der Waals surface area contributed by atoms with Gasteiger partial charge in [-0.05, 0) is 101 Å². The SMILES string of the molecule is CCC(C)C(NC(=O)C(CCCCN)NC(=O)C(NC(=O)C(CCC(N)=O)NC(=O)C(CCCNC(N)N)NC(=O)C(C)N)C(C)CC)C(=O)NC(Cc1c[nH]c2ccccc12)C(=O)NC(Cc1ccccc1)C(C)=O. The largest absolute Gasteiger partial charge is 0.370 e. The molecule has 0 radical (unpaired) electrons. The van der Waals surface area contributed by atoms with Gasteiger partial charge in [0.2, 0.25) is 47.3 Å². The van der Waals surface area contributed by atoms with E-state index in [4.69, 9.17) is 28.7 Å². The number of carbonyl (C=O) groups is 9. The van der Waals surface area contributed by atoms with Crippen LogP contribution < -0.4 is 71.2 Å². The zero-order valence-corrected chi connectivity index (χ0v) is 44.9. The summed E-state index contributed by atoms with van der Waals surface area (Å²) in [7, 11) is 0. The Bertz CT molecular complexity index is 2380.